The van der Waals surface area contributed by atoms with E-state index >= 15 is 0 Å². The van der Waals surface area contributed by atoms with Gasteiger partial charge in [-0.2, -0.15) is 5.10 Å². The second-order valence-corrected chi connectivity index (χ2v) is 6.31. The first-order valence-electron chi connectivity index (χ1n) is 7.58. The summed E-state index contributed by atoms with van der Waals surface area (Å²) in [7, 11) is 0. The van der Waals surface area contributed by atoms with Crippen LogP contribution in [0.2, 0.25) is 5.02 Å². The summed E-state index contributed by atoms with van der Waals surface area (Å²) in [6, 6.07) is 10.9. The van der Waals surface area contributed by atoms with Gasteiger partial charge in [0.2, 0.25) is 0 Å². The zero-order valence-electron chi connectivity index (χ0n) is 11.9. The number of hydrogen-bond donors (Lipinski definition) is 0. The van der Waals surface area contributed by atoms with E-state index in [1.165, 1.54) is 36.6 Å². The van der Waals surface area contributed by atoms with Crippen molar-refractivity contribution in [2.45, 2.75) is 38.3 Å². The molecule has 21 heavy (non-hydrogen) atoms. The number of rotatable bonds is 3. The highest BCUT2D eigenvalue weighted by molar-refractivity contribution is 6.31. The summed E-state index contributed by atoms with van der Waals surface area (Å²) in [5.41, 5.74) is 2.32. The van der Waals surface area contributed by atoms with Gasteiger partial charge in [0.05, 0.1) is 18.3 Å². The SMILES string of the molecule is Clc1ccc2c(ccn2Cc2ccn(C3CCCC3)n2)c1. The molecular weight excluding hydrogens is 282 g/mol. The van der Waals surface area contributed by atoms with Gasteiger partial charge in [0, 0.05) is 28.3 Å². The molecule has 0 bridgehead atoms. The van der Waals surface area contributed by atoms with Crippen LogP contribution in [0.4, 0.5) is 0 Å². The first kappa shape index (κ1) is 13.0. The van der Waals surface area contributed by atoms with Crippen LogP contribution >= 0.6 is 11.6 Å². The van der Waals surface area contributed by atoms with E-state index in [0.29, 0.717) is 6.04 Å². The van der Waals surface area contributed by atoms with Gasteiger partial charge in [0.1, 0.15) is 0 Å². The standard InChI is InChI=1S/C17H18ClN3/c18-14-5-6-17-13(11-14)7-9-20(17)12-15-8-10-21(19-15)16-3-1-2-4-16/h5-11,16H,1-4,12H2. The molecule has 1 aliphatic rings. The predicted octanol–water partition coefficient (Wildman–Crippen LogP) is 4.65. The van der Waals surface area contributed by atoms with Crippen LogP contribution in [-0.2, 0) is 6.54 Å². The Morgan fingerprint density at radius 3 is 2.81 bits per heavy atom. The van der Waals surface area contributed by atoms with E-state index in [1.54, 1.807) is 0 Å². The van der Waals surface area contributed by atoms with Crippen molar-refractivity contribution < 1.29 is 0 Å². The van der Waals surface area contributed by atoms with Crippen molar-refractivity contribution in [3.63, 3.8) is 0 Å². The fraction of sp³-hybridized carbons (Fsp3) is 0.353. The third-order valence-electron chi connectivity index (χ3n) is 4.43. The molecule has 3 nitrogen and oxygen atoms in total. The Balaban J connectivity index is 1.59. The van der Waals surface area contributed by atoms with Crippen molar-refractivity contribution in [2.75, 3.05) is 0 Å². The van der Waals surface area contributed by atoms with Gasteiger partial charge in [-0.1, -0.05) is 24.4 Å². The lowest BCUT2D eigenvalue weighted by Crippen LogP contribution is -2.06. The van der Waals surface area contributed by atoms with Crippen LogP contribution in [-0.4, -0.2) is 14.3 Å². The van der Waals surface area contributed by atoms with Crippen LogP contribution in [0.3, 0.4) is 0 Å². The third-order valence-corrected chi connectivity index (χ3v) is 4.66. The first-order chi connectivity index (χ1) is 10.3. The van der Waals surface area contributed by atoms with Crippen LogP contribution in [0.1, 0.15) is 37.4 Å². The normalized spacial score (nSPS) is 16.0. The third kappa shape index (κ3) is 2.46. The molecule has 2 aromatic heterocycles. The Morgan fingerprint density at radius 1 is 1.10 bits per heavy atom. The second kappa shape index (κ2) is 5.23. The molecule has 3 aromatic rings. The summed E-state index contributed by atoms with van der Waals surface area (Å²) < 4.78 is 4.39. The zero-order chi connectivity index (χ0) is 14.2. The average Bonchev–Trinajstić information content (AvgIpc) is 3.19. The fourth-order valence-corrected chi connectivity index (χ4v) is 3.50. The molecule has 0 saturated heterocycles. The minimum Gasteiger partial charge on any atom is -0.341 e. The molecule has 1 fully saturated rings. The van der Waals surface area contributed by atoms with Crippen LogP contribution in [0, 0.1) is 0 Å². The van der Waals surface area contributed by atoms with Gasteiger partial charge in [-0.15, -0.1) is 0 Å². The largest absolute Gasteiger partial charge is 0.341 e. The number of fused-ring (bicyclic) bond motifs is 1. The highest BCUT2D eigenvalue weighted by atomic mass is 35.5. The Bertz CT molecular complexity index is 765. The molecule has 1 aromatic carbocycles. The Morgan fingerprint density at radius 2 is 1.95 bits per heavy atom. The van der Waals surface area contributed by atoms with Crippen LogP contribution in [0.15, 0.2) is 42.7 Å². The van der Waals surface area contributed by atoms with E-state index in [1.807, 2.05) is 12.1 Å². The summed E-state index contributed by atoms with van der Waals surface area (Å²) >= 11 is 6.04. The summed E-state index contributed by atoms with van der Waals surface area (Å²) in [5.74, 6) is 0. The smallest absolute Gasteiger partial charge is 0.0821 e. The van der Waals surface area contributed by atoms with Gasteiger partial charge in [0.15, 0.2) is 0 Å². The molecule has 0 radical (unpaired) electrons. The molecule has 2 heterocycles. The van der Waals surface area contributed by atoms with Gasteiger partial charge in [-0.05, 0) is 43.2 Å². The van der Waals surface area contributed by atoms with E-state index in [2.05, 4.69) is 39.8 Å². The number of hydrogen-bond acceptors (Lipinski definition) is 1. The summed E-state index contributed by atoms with van der Waals surface area (Å²) in [6.07, 6.45) is 9.45. The maximum absolute atomic E-state index is 6.04. The van der Waals surface area contributed by atoms with Gasteiger partial charge >= 0.3 is 0 Å². The van der Waals surface area contributed by atoms with Gasteiger partial charge in [-0.25, -0.2) is 0 Å². The molecular formula is C17H18ClN3. The van der Waals surface area contributed by atoms with E-state index in [4.69, 9.17) is 16.7 Å². The monoisotopic (exact) mass is 299 g/mol. The number of aromatic nitrogens is 3. The highest BCUT2D eigenvalue weighted by Crippen LogP contribution is 2.29. The lowest BCUT2D eigenvalue weighted by molar-refractivity contribution is 0.462. The maximum Gasteiger partial charge on any atom is 0.0821 e. The number of benzene rings is 1. The molecule has 4 rings (SSSR count). The molecule has 0 N–H and O–H groups in total. The minimum atomic E-state index is 0.610. The summed E-state index contributed by atoms with van der Waals surface area (Å²) in [5, 5.41) is 6.72. The van der Waals surface area contributed by atoms with E-state index < -0.39 is 0 Å². The molecule has 0 unspecified atom stereocenters. The van der Waals surface area contributed by atoms with Crippen LogP contribution in [0.5, 0.6) is 0 Å². The molecule has 4 heteroatoms. The Labute approximate surface area is 129 Å². The zero-order valence-corrected chi connectivity index (χ0v) is 12.6. The fourth-order valence-electron chi connectivity index (χ4n) is 3.32. The molecule has 0 aliphatic heterocycles. The topological polar surface area (TPSA) is 22.8 Å². The Kier molecular flexibility index (Phi) is 3.23. The van der Waals surface area contributed by atoms with E-state index in [-0.39, 0.29) is 0 Å². The molecule has 0 amide bonds. The highest BCUT2D eigenvalue weighted by Gasteiger charge is 2.17. The predicted molar refractivity (Wildman–Crippen MR) is 85.8 cm³/mol. The average molecular weight is 300 g/mol. The lowest BCUT2D eigenvalue weighted by atomic mass is 10.2. The van der Waals surface area contributed by atoms with Crippen molar-refractivity contribution in [2.24, 2.45) is 0 Å². The van der Waals surface area contributed by atoms with Crippen LogP contribution < -0.4 is 0 Å². The quantitative estimate of drug-likeness (QED) is 0.690. The maximum atomic E-state index is 6.04. The number of halogens is 1. The van der Waals surface area contributed by atoms with Gasteiger partial charge < -0.3 is 4.57 Å². The molecule has 0 atom stereocenters. The molecule has 108 valence electrons. The van der Waals surface area contributed by atoms with Crippen molar-refractivity contribution >= 4 is 22.5 Å². The van der Waals surface area contributed by atoms with Crippen LogP contribution in [0.25, 0.3) is 10.9 Å². The van der Waals surface area contributed by atoms with Gasteiger partial charge in [-0.3, -0.25) is 4.68 Å². The van der Waals surface area contributed by atoms with Crippen molar-refractivity contribution in [3.8, 4) is 0 Å². The second-order valence-electron chi connectivity index (χ2n) is 5.87. The molecule has 0 spiro atoms. The first-order valence-corrected chi connectivity index (χ1v) is 7.96. The van der Waals surface area contributed by atoms with E-state index in [9.17, 15) is 0 Å². The molecule has 1 saturated carbocycles. The number of nitrogens with zero attached hydrogens (tertiary/aromatic N) is 3. The van der Waals surface area contributed by atoms with Crippen molar-refractivity contribution in [1.82, 2.24) is 14.3 Å². The molecule has 1 aliphatic carbocycles. The van der Waals surface area contributed by atoms with Crippen molar-refractivity contribution in [3.05, 3.63) is 53.4 Å². The van der Waals surface area contributed by atoms with E-state index in [0.717, 1.165) is 17.3 Å². The van der Waals surface area contributed by atoms with Crippen molar-refractivity contribution in [1.29, 1.82) is 0 Å². The Hall–Kier alpha value is -1.74. The van der Waals surface area contributed by atoms with Gasteiger partial charge in [0.25, 0.3) is 0 Å². The summed E-state index contributed by atoms with van der Waals surface area (Å²) in [4.78, 5) is 0. The minimum absolute atomic E-state index is 0.610. The summed E-state index contributed by atoms with van der Waals surface area (Å²) in [6.45, 7) is 0.810. The lowest BCUT2D eigenvalue weighted by Gasteiger charge is -2.09.